The average molecular weight is 546 g/mol. The summed E-state index contributed by atoms with van der Waals surface area (Å²) in [7, 11) is 1.48. The van der Waals surface area contributed by atoms with Gasteiger partial charge in [-0.05, 0) is 53.5 Å². The summed E-state index contributed by atoms with van der Waals surface area (Å²) in [5, 5.41) is 19.6. The van der Waals surface area contributed by atoms with Crippen LogP contribution in [-0.4, -0.2) is 22.3 Å². The first-order chi connectivity index (χ1) is 18.8. The summed E-state index contributed by atoms with van der Waals surface area (Å²) in [4.78, 5) is 4.78. The second-order valence-corrected chi connectivity index (χ2v) is 10.1. The molecule has 1 heterocycles. The first-order valence-corrected chi connectivity index (χ1v) is 13.0. The molecule has 2 N–H and O–H groups in total. The molecule has 2 atom stereocenters. The molecule has 3 aromatic carbocycles. The van der Waals surface area contributed by atoms with Gasteiger partial charge in [-0.1, -0.05) is 73.2 Å². The third kappa shape index (κ3) is 4.80. The number of methoxy groups -OCH3 is 1. The molecule has 4 aromatic rings. The third-order valence-electron chi connectivity index (χ3n) is 7.44. The van der Waals surface area contributed by atoms with E-state index < -0.39 is 11.2 Å². The quantitative estimate of drug-likeness (QED) is 0.254. The highest BCUT2D eigenvalue weighted by molar-refractivity contribution is 6.34. The van der Waals surface area contributed by atoms with Crippen LogP contribution in [0.3, 0.4) is 0 Å². The van der Waals surface area contributed by atoms with Gasteiger partial charge in [0.2, 0.25) is 5.89 Å². The maximum Gasteiger partial charge on any atom is 0.210 e. The number of aryl methyl sites for hydroxylation is 1. The summed E-state index contributed by atoms with van der Waals surface area (Å²) in [5.74, 6) is -0.0983. The van der Waals surface area contributed by atoms with Gasteiger partial charge in [0, 0.05) is 17.0 Å². The largest absolute Gasteiger partial charge is 0.496 e. The van der Waals surface area contributed by atoms with Gasteiger partial charge in [0.25, 0.3) is 0 Å². The Morgan fingerprint density at radius 3 is 2.67 bits per heavy atom. The van der Waals surface area contributed by atoms with Crippen molar-refractivity contribution >= 4 is 34.1 Å². The fraction of sp³-hybridized carbons (Fsp3) is 0.219. The van der Waals surface area contributed by atoms with E-state index in [1.165, 1.54) is 13.2 Å². The van der Waals surface area contributed by atoms with Crippen LogP contribution < -0.4 is 4.74 Å². The van der Waals surface area contributed by atoms with Crippen molar-refractivity contribution in [3.05, 3.63) is 118 Å². The molecule has 0 fully saturated rings. The van der Waals surface area contributed by atoms with Crippen molar-refractivity contribution in [3.63, 3.8) is 0 Å². The summed E-state index contributed by atoms with van der Waals surface area (Å²) in [6.45, 7) is 3.66. The number of fused-ring (bicyclic) bond motifs is 1. The van der Waals surface area contributed by atoms with E-state index in [0.717, 1.165) is 16.7 Å². The van der Waals surface area contributed by atoms with Gasteiger partial charge in [0.1, 0.15) is 17.1 Å². The number of aliphatic hydroxyl groups is 2. The van der Waals surface area contributed by atoms with E-state index in [1.54, 1.807) is 30.3 Å². The van der Waals surface area contributed by atoms with Crippen molar-refractivity contribution in [2.24, 2.45) is 5.92 Å². The summed E-state index contributed by atoms with van der Waals surface area (Å²) in [5.41, 5.74) is 4.38. The van der Waals surface area contributed by atoms with Gasteiger partial charge < -0.3 is 19.4 Å². The predicted octanol–water partition coefficient (Wildman–Crippen LogP) is 7.32. The van der Waals surface area contributed by atoms with Gasteiger partial charge in [-0.3, -0.25) is 0 Å². The monoisotopic (exact) mass is 545 g/mol. The number of rotatable bonds is 7. The second-order valence-electron chi connectivity index (χ2n) is 9.73. The maximum atomic E-state index is 16.2. The number of allylic oxidation sites excluding steroid dienone is 5. The minimum Gasteiger partial charge on any atom is -0.496 e. The molecule has 0 spiro atoms. The van der Waals surface area contributed by atoms with Crippen molar-refractivity contribution in [3.8, 4) is 5.75 Å². The number of hydrogen-bond donors (Lipinski definition) is 2. The summed E-state index contributed by atoms with van der Waals surface area (Å²) < 4.78 is 27.8. The molecular weight excluding hydrogens is 517 g/mol. The molecule has 5 nitrogen and oxygen atoms in total. The molecule has 1 aliphatic carbocycles. The highest BCUT2D eigenvalue weighted by atomic mass is 35.5. The van der Waals surface area contributed by atoms with Gasteiger partial charge in [-0.15, -0.1) is 0 Å². The van der Waals surface area contributed by atoms with E-state index in [1.807, 2.05) is 50.3 Å². The number of oxazole rings is 1. The van der Waals surface area contributed by atoms with Crippen LogP contribution in [0.4, 0.5) is 4.39 Å². The Hall–Kier alpha value is -3.71. The van der Waals surface area contributed by atoms with E-state index in [4.69, 9.17) is 25.7 Å². The molecule has 0 amide bonds. The van der Waals surface area contributed by atoms with Crippen LogP contribution in [0.5, 0.6) is 5.75 Å². The smallest absolute Gasteiger partial charge is 0.210 e. The maximum absolute atomic E-state index is 16.2. The van der Waals surface area contributed by atoms with E-state index in [9.17, 15) is 10.2 Å². The number of hydrogen-bond acceptors (Lipinski definition) is 5. The molecule has 2 unspecified atom stereocenters. The van der Waals surface area contributed by atoms with Gasteiger partial charge in [0.15, 0.2) is 5.58 Å². The first-order valence-electron chi connectivity index (χ1n) is 12.6. The Morgan fingerprint density at radius 2 is 1.95 bits per heavy atom. The Morgan fingerprint density at radius 1 is 1.15 bits per heavy atom. The number of aliphatic hydroxyl groups excluding tert-OH is 2. The van der Waals surface area contributed by atoms with Crippen LogP contribution in [0, 0.1) is 12.8 Å². The Kier molecular flexibility index (Phi) is 7.45. The molecule has 0 saturated carbocycles. The van der Waals surface area contributed by atoms with Crippen LogP contribution in [0.25, 0.3) is 22.5 Å². The molecule has 39 heavy (non-hydrogen) atoms. The van der Waals surface area contributed by atoms with E-state index in [-0.39, 0.29) is 25.0 Å². The minimum absolute atomic E-state index is 0.195. The molecule has 0 aliphatic heterocycles. The molecule has 0 saturated heterocycles. The highest BCUT2D eigenvalue weighted by Crippen LogP contribution is 2.48. The van der Waals surface area contributed by atoms with Gasteiger partial charge in [-0.2, -0.15) is 0 Å². The van der Waals surface area contributed by atoms with Crippen molar-refractivity contribution in [1.29, 1.82) is 0 Å². The Labute approximate surface area is 231 Å². The highest BCUT2D eigenvalue weighted by Gasteiger charge is 2.43. The predicted molar refractivity (Wildman–Crippen MR) is 152 cm³/mol. The van der Waals surface area contributed by atoms with E-state index in [0.29, 0.717) is 38.6 Å². The van der Waals surface area contributed by atoms with Crippen LogP contribution in [0.2, 0.25) is 5.02 Å². The Bertz CT molecular complexity index is 1640. The lowest BCUT2D eigenvalue weighted by Crippen LogP contribution is -2.33. The molecule has 0 radical (unpaired) electrons. The molecule has 5 rings (SSSR count). The summed E-state index contributed by atoms with van der Waals surface area (Å²) in [6, 6.07) is 16.2. The van der Waals surface area contributed by atoms with Crippen LogP contribution >= 0.6 is 11.6 Å². The van der Waals surface area contributed by atoms with Crippen molar-refractivity contribution in [2.75, 3.05) is 7.11 Å². The van der Waals surface area contributed by atoms with Crippen molar-refractivity contribution < 1.29 is 23.8 Å². The standard InChI is InChI=1S/C32H29ClFNO4/c1-19-7-4-5-8-24(19)25-9-6-12-32(20(25)2,16-27(34)22-10-11-23(18-37)29(15-22)38-3)31-35-28-14-21(17-36)13-26(33)30(28)39-31/h4-16,20,36-37H,17-18H2,1-3H3/b27-16-. The number of aromatic nitrogens is 1. The van der Waals surface area contributed by atoms with Gasteiger partial charge in [0.05, 0.1) is 30.8 Å². The van der Waals surface area contributed by atoms with Crippen LogP contribution in [-0.2, 0) is 18.6 Å². The van der Waals surface area contributed by atoms with Crippen molar-refractivity contribution in [2.45, 2.75) is 32.5 Å². The van der Waals surface area contributed by atoms with Crippen LogP contribution in [0.1, 0.15) is 40.6 Å². The fourth-order valence-corrected chi connectivity index (χ4v) is 5.48. The van der Waals surface area contributed by atoms with E-state index >= 15 is 4.39 Å². The molecule has 7 heteroatoms. The number of ether oxygens (including phenoxy) is 1. The fourth-order valence-electron chi connectivity index (χ4n) is 5.21. The number of benzene rings is 3. The first kappa shape index (κ1) is 26.9. The molecule has 1 aromatic heterocycles. The SMILES string of the molecule is COc1cc(/C(F)=C/C2(c3nc4cc(CO)cc(Cl)c4o3)C=CC=C(c3ccccc3C)C2C)ccc1CO. The molecular formula is C32H29ClFNO4. The Balaban J connectivity index is 1.72. The molecule has 1 aliphatic rings. The molecule has 0 bridgehead atoms. The van der Waals surface area contributed by atoms with Crippen molar-refractivity contribution in [1.82, 2.24) is 4.98 Å². The zero-order chi connectivity index (χ0) is 27.7. The zero-order valence-electron chi connectivity index (χ0n) is 21.9. The molecule has 200 valence electrons. The third-order valence-corrected chi connectivity index (χ3v) is 7.72. The zero-order valence-corrected chi connectivity index (χ0v) is 22.7. The lowest BCUT2D eigenvalue weighted by atomic mass is 9.67. The summed E-state index contributed by atoms with van der Waals surface area (Å²) in [6.07, 6.45) is 7.36. The number of nitrogens with zero attached hydrogens (tertiary/aromatic N) is 1. The normalized spacial score (nSPS) is 19.4. The van der Waals surface area contributed by atoms with E-state index in [2.05, 4.69) is 6.07 Å². The lowest BCUT2D eigenvalue weighted by Gasteiger charge is -2.35. The topological polar surface area (TPSA) is 75.7 Å². The van der Waals surface area contributed by atoms with Gasteiger partial charge >= 0.3 is 0 Å². The lowest BCUT2D eigenvalue weighted by molar-refractivity contribution is 0.273. The van der Waals surface area contributed by atoms with Gasteiger partial charge in [-0.25, -0.2) is 9.37 Å². The minimum atomic E-state index is -1.11. The summed E-state index contributed by atoms with van der Waals surface area (Å²) >= 11 is 6.49. The number of halogens is 2. The second kappa shape index (κ2) is 10.8. The van der Waals surface area contributed by atoms with Crippen LogP contribution in [0.15, 0.2) is 83.3 Å². The average Bonchev–Trinajstić information content (AvgIpc) is 3.39.